The van der Waals surface area contributed by atoms with Crippen LogP contribution in [0.25, 0.3) is 22.4 Å². The summed E-state index contributed by atoms with van der Waals surface area (Å²) < 4.78 is 32.1. The molecule has 0 radical (unpaired) electrons. The molecule has 9 nitrogen and oxygen atoms in total. The molecule has 1 aliphatic heterocycles. The van der Waals surface area contributed by atoms with Crippen molar-refractivity contribution in [2.24, 2.45) is 5.14 Å². The zero-order valence-corrected chi connectivity index (χ0v) is 14.6. The molecule has 0 amide bonds. The molecule has 0 saturated carbocycles. The van der Waals surface area contributed by atoms with Crippen molar-refractivity contribution in [3.8, 4) is 11.3 Å². The predicted molar refractivity (Wildman–Crippen MR) is 95.0 cm³/mol. The van der Waals surface area contributed by atoms with Crippen LogP contribution >= 0.6 is 0 Å². The summed E-state index contributed by atoms with van der Waals surface area (Å²) in [6.07, 6.45) is 4.14. The molecule has 1 aromatic carbocycles. The van der Waals surface area contributed by atoms with E-state index < -0.39 is 10.2 Å². The van der Waals surface area contributed by atoms with Crippen LogP contribution in [-0.2, 0) is 14.9 Å². The van der Waals surface area contributed by atoms with Crippen molar-refractivity contribution in [2.45, 2.75) is 25.2 Å². The number of rotatable bonds is 5. The van der Waals surface area contributed by atoms with Gasteiger partial charge in [0.1, 0.15) is 23.8 Å². The van der Waals surface area contributed by atoms with Gasteiger partial charge in [0.2, 0.25) is 0 Å². The van der Waals surface area contributed by atoms with Gasteiger partial charge in [0.05, 0.1) is 12.4 Å². The highest BCUT2D eigenvalue weighted by Gasteiger charge is 2.29. The Morgan fingerprint density at radius 3 is 2.77 bits per heavy atom. The minimum atomic E-state index is -3.72. The highest BCUT2D eigenvalue weighted by molar-refractivity contribution is 7.87. The largest absolute Gasteiger partial charge is 0.353 e. The van der Waals surface area contributed by atoms with Gasteiger partial charge in [-0.25, -0.2) is 20.1 Å². The minimum Gasteiger partial charge on any atom is -0.353 e. The molecule has 10 heteroatoms. The monoisotopic (exact) mass is 374 g/mol. The van der Waals surface area contributed by atoms with Gasteiger partial charge in [0.25, 0.3) is 10.2 Å². The van der Waals surface area contributed by atoms with Crippen LogP contribution in [-0.4, -0.2) is 40.6 Å². The van der Waals surface area contributed by atoms with Crippen molar-refractivity contribution >= 4 is 21.4 Å². The number of hydrogen-bond acceptors (Lipinski definition) is 6. The van der Waals surface area contributed by atoms with E-state index in [0.717, 1.165) is 17.7 Å². The number of ether oxygens (including phenoxy) is 1. The Kier molecular flexibility index (Phi) is 4.41. The van der Waals surface area contributed by atoms with Crippen LogP contribution in [0.1, 0.15) is 19.1 Å². The first-order valence-corrected chi connectivity index (χ1v) is 9.72. The van der Waals surface area contributed by atoms with Crippen LogP contribution in [0, 0.1) is 0 Å². The van der Waals surface area contributed by atoms with Crippen molar-refractivity contribution in [3.05, 3.63) is 43.0 Å². The van der Waals surface area contributed by atoms with E-state index in [1.54, 1.807) is 6.33 Å². The predicted octanol–water partition coefficient (Wildman–Crippen LogP) is 0.964. The molecule has 0 aliphatic carbocycles. The summed E-state index contributed by atoms with van der Waals surface area (Å²) in [6, 6.07) is 9.79. The van der Waals surface area contributed by atoms with E-state index in [-0.39, 0.29) is 18.9 Å². The number of nitrogens with two attached hydrogens (primary N) is 1. The van der Waals surface area contributed by atoms with Gasteiger partial charge in [0, 0.05) is 12.1 Å². The number of nitrogens with one attached hydrogen (secondary N) is 1. The fourth-order valence-electron chi connectivity index (χ4n) is 3.12. The molecule has 3 heterocycles. The van der Waals surface area contributed by atoms with Crippen LogP contribution in [0.2, 0.25) is 0 Å². The van der Waals surface area contributed by atoms with Crippen LogP contribution in [0.4, 0.5) is 0 Å². The third-order valence-corrected chi connectivity index (χ3v) is 4.88. The molecule has 0 bridgehead atoms. The van der Waals surface area contributed by atoms with Gasteiger partial charge >= 0.3 is 0 Å². The van der Waals surface area contributed by atoms with Gasteiger partial charge in [-0.3, -0.25) is 4.57 Å². The number of aromatic nitrogens is 4. The van der Waals surface area contributed by atoms with Crippen LogP contribution in [0.3, 0.4) is 0 Å². The third-order valence-electron chi connectivity index (χ3n) is 4.31. The first-order chi connectivity index (χ1) is 12.5. The molecule has 1 saturated heterocycles. The molecule has 2 aromatic heterocycles. The summed E-state index contributed by atoms with van der Waals surface area (Å²) in [4.78, 5) is 13.2. The maximum atomic E-state index is 11.0. The second-order valence-electron chi connectivity index (χ2n) is 6.10. The lowest BCUT2D eigenvalue weighted by atomic mass is 10.1. The van der Waals surface area contributed by atoms with Gasteiger partial charge < -0.3 is 4.74 Å². The lowest BCUT2D eigenvalue weighted by Crippen LogP contribution is -2.36. The van der Waals surface area contributed by atoms with E-state index in [0.29, 0.717) is 17.6 Å². The van der Waals surface area contributed by atoms with Gasteiger partial charge in [-0.15, -0.1) is 0 Å². The molecule has 26 heavy (non-hydrogen) atoms. The molecule has 0 spiro atoms. The molecule has 2 atom stereocenters. The maximum absolute atomic E-state index is 11.0. The average molecular weight is 374 g/mol. The lowest BCUT2D eigenvalue weighted by molar-refractivity contribution is 0.00711. The van der Waals surface area contributed by atoms with Crippen LogP contribution < -0.4 is 9.86 Å². The maximum Gasteiger partial charge on any atom is 0.274 e. The number of benzene rings is 1. The Morgan fingerprint density at radius 2 is 2.00 bits per heavy atom. The number of imidazole rings is 1. The quantitative estimate of drug-likeness (QED) is 0.685. The second-order valence-corrected chi connectivity index (χ2v) is 7.47. The SMILES string of the molecule is NS(=O)(=O)NC[C@@H]1CC[C@H](n2cnc3c(-c4ccccc4)ncnc32)O1. The molecule has 1 aliphatic rings. The Bertz CT molecular complexity index is 1020. The molecule has 0 unspecified atom stereocenters. The molecule has 1 fully saturated rings. The number of nitrogens with zero attached hydrogens (tertiary/aromatic N) is 4. The first kappa shape index (κ1) is 17.0. The van der Waals surface area contributed by atoms with Crippen LogP contribution in [0.5, 0.6) is 0 Å². The summed E-state index contributed by atoms with van der Waals surface area (Å²) in [6.45, 7) is 0.145. The Hall–Kier alpha value is -2.40. The number of fused-ring (bicyclic) bond motifs is 1. The van der Waals surface area contributed by atoms with E-state index >= 15 is 0 Å². The Labute approximate surface area is 150 Å². The summed E-state index contributed by atoms with van der Waals surface area (Å²) in [7, 11) is -3.72. The Morgan fingerprint density at radius 1 is 1.19 bits per heavy atom. The van der Waals surface area contributed by atoms with E-state index in [4.69, 9.17) is 9.88 Å². The highest BCUT2D eigenvalue weighted by Crippen LogP contribution is 2.32. The zero-order valence-electron chi connectivity index (χ0n) is 13.8. The van der Waals surface area contributed by atoms with Crippen molar-refractivity contribution < 1.29 is 13.2 Å². The summed E-state index contributed by atoms with van der Waals surface area (Å²) in [5.41, 5.74) is 3.12. The van der Waals surface area contributed by atoms with E-state index in [1.165, 1.54) is 6.33 Å². The van der Waals surface area contributed by atoms with Crippen molar-refractivity contribution in [3.63, 3.8) is 0 Å². The van der Waals surface area contributed by atoms with Crippen molar-refractivity contribution in [1.29, 1.82) is 0 Å². The topological polar surface area (TPSA) is 125 Å². The Balaban J connectivity index is 1.59. The van der Waals surface area contributed by atoms with Gasteiger partial charge in [-0.2, -0.15) is 13.1 Å². The normalized spacial score (nSPS) is 20.7. The van der Waals surface area contributed by atoms with Crippen molar-refractivity contribution in [1.82, 2.24) is 24.2 Å². The standard InChI is InChI=1S/C16H18N6O3S/c17-26(23,24)21-8-12-6-7-13(25-12)22-10-20-15-14(18-9-19-16(15)22)11-4-2-1-3-5-11/h1-5,9-10,12-13,21H,6-8H2,(H2,17,23,24)/t12-,13+/m0/s1. The van der Waals surface area contributed by atoms with Gasteiger partial charge in [-0.05, 0) is 12.8 Å². The molecular weight excluding hydrogens is 356 g/mol. The van der Waals surface area contributed by atoms with Crippen molar-refractivity contribution in [2.75, 3.05) is 6.54 Å². The lowest BCUT2D eigenvalue weighted by Gasteiger charge is -2.15. The van der Waals surface area contributed by atoms with Crippen LogP contribution in [0.15, 0.2) is 43.0 Å². The second kappa shape index (κ2) is 6.72. The highest BCUT2D eigenvalue weighted by atomic mass is 32.2. The summed E-state index contributed by atoms with van der Waals surface area (Å²) >= 11 is 0. The summed E-state index contributed by atoms with van der Waals surface area (Å²) in [5.74, 6) is 0. The minimum absolute atomic E-state index is 0.145. The average Bonchev–Trinajstić information content (AvgIpc) is 3.26. The third kappa shape index (κ3) is 3.44. The van der Waals surface area contributed by atoms with Gasteiger partial charge in [-0.1, -0.05) is 30.3 Å². The number of hydrogen-bond donors (Lipinski definition) is 2. The summed E-state index contributed by atoms with van der Waals surface area (Å²) in [5, 5.41) is 4.96. The van der Waals surface area contributed by atoms with E-state index in [1.807, 2.05) is 34.9 Å². The molecule has 4 rings (SSSR count). The molecule has 3 N–H and O–H groups in total. The molecule has 3 aromatic rings. The fourth-order valence-corrected chi connectivity index (χ4v) is 3.54. The molecular formula is C16H18N6O3S. The van der Waals surface area contributed by atoms with Gasteiger partial charge in [0.15, 0.2) is 5.65 Å². The smallest absolute Gasteiger partial charge is 0.274 e. The first-order valence-electron chi connectivity index (χ1n) is 8.17. The van der Waals surface area contributed by atoms with E-state index in [9.17, 15) is 8.42 Å². The fraction of sp³-hybridized carbons (Fsp3) is 0.312. The van der Waals surface area contributed by atoms with E-state index in [2.05, 4.69) is 19.7 Å². The zero-order chi connectivity index (χ0) is 18.1. The molecule has 136 valence electrons.